The van der Waals surface area contributed by atoms with Crippen LogP contribution in [0.5, 0.6) is 5.75 Å². The topological polar surface area (TPSA) is 52.5 Å². The van der Waals surface area contributed by atoms with Crippen molar-refractivity contribution in [1.82, 2.24) is 9.38 Å². The minimum absolute atomic E-state index is 0.661. The number of fused-ring (bicyclic) bond motifs is 1. The molecular weight excluding hydrogens is 226 g/mol. The van der Waals surface area contributed by atoms with E-state index in [0.717, 1.165) is 22.5 Å². The lowest BCUT2D eigenvalue weighted by atomic mass is 10.0. The standard InChI is InChI=1S/C14H13N3O/c1-10-9-11(18-15)5-6-12(10)13-3-2-4-14-16-7-8-17(13)14/h2-9H,15H2,1H3. The molecule has 2 N–H and O–H groups in total. The van der Waals surface area contributed by atoms with E-state index in [0.29, 0.717) is 5.75 Å². The summed E-state index contributed by atoms with van der Waals surface area (Å²) in [5, 5.41) is 0. The van der Waals surface area contributed by atoms with Gasteiger partial charge in [0.1, 0.15) is 11.4 Å². The molecule has 0 saturated carbocycles. The van der Waals surface area contributed by atoms with Gasteiger partial charge in [0.05, 0.1) is 5.69 Å². The van der Waals surface area contributed by atoms with E-state index < -0.39 is 0 Å². The third-order valence-electron chi connectivity index (χ3n) is 3.04. The second-order valence-corrected chi connectivity index (χ2v) is 4.16. The first kappa shape index (κ1) is 10.8. The quantitative estimate of drug-likeness (QED) is 0.699. The van der Waals surface area contributed by atoms with Crippen LogP contribution >= 0.6 is 0 Å². The highest BCUT2D eigenvalue weighted by Crippen LogP contribution is 2.27. The van der Waals surface area contributed by atoms with Crippen molar-refractivity contribution >= 4 is 5.65 Å². The maximum absolute atomic E-state index is 5.17. The Kier molecular flexibility index (Phi) is 2.50. The number of aromatic nitrogens is 2. The van der Waals surface area contributed by atoms with Crippen LogP contribution in [0.4, 0.5) is 0 Å². The fourth-order valence-corrected chi connectivity index (χ4v) is 2.16. The summed E-state index contributed by atoms with van der Waals surface area (Å²) >= 11 is 0. The Bertz CT molecular complexity index is 703. The highest BCUT2D eigenvalue weighted by Gasteiger charge is 2.07. The Balaban J connectivity index is 2.23. The van der Waals surface area contributed by atoms with Crippen LogP contribution < -0.4 is 10.7 Å². The zero-order valence-corrected chi connectivity index (χ0v) is 10.00. The highest BCUT2D eigenvalue weighted by atomic mass is 16.6. The number of hydrogen-bond donors (Lipinski definition) is 1. The molecule has 0 unspecified atom stereocenters. The smallest absolute Gasteiger partial charge is 0.147 e. The zero-order valence-electron chi connectivity index (χ0n) is 10.00. The number of benzene rings is 1. The molecule has 4 heteroatoms. The summed E-state index contributed by atoms with van der Waals surface area (Å²) in [6, 6.07) is 11.8. The largest absolute Gasteiger partial charge is 0.412 e. The fraction of sp³-hybridized carbons (Fsp3) is 0.0714. The Morgan fingerprint density at radius 2 is 2.11 bits per heavy atom. The predicted molar refractivity (Wildman–Crippen MR) is 70.2 cm³/mol. The molecule has 0 bridgehead atoms. The number of pyridine rings is 1. The lowest BCUT2D eigenvalue weighted by Crippen LogP contribution is -2.02. The summed E-state index contributed by atoms with van der Waals surface area (Å²) in [5.41, 5.74) is 4.29. The fourth-order valence-electron chi connectivity index (χ4n) is 2.16. The molecule has 18 heavy (non-hydrogen) atoms. The molecule has 90 valence electrons. The first-order valence-electron chi connectivity index (χ1n) is 5.69. The number of aryl methyl sites for hydroxylation is 1. The van der Waals surface area contributed by atoms with Gasteiger partial charge in [0.15, 0.2) is 0 Å². The van der Waals surface area contributed by atoms with Crippen molar-refractivity contribution in [2.24, 2.45) is 5.90 Å². The molecule has 2 aromatic heterocycles. The van der Waals surface area contributed by atoms with Crippen molar-refractivity contribution in [3.05, 3.63) is 54.4 Å². The van der Waals surface area contributed by atoms with Gasteiger partial charge in [-0.2, -0.15) is 5.90 Å². The van der Waals surface area contributed by atoms with Crippen LogP contribution in [0, 0.1) is 6.92 Å². The molecule has 0 radical (unpaired) electrons. The monoisotopic (exact) mass is 239 g/mol. The second-order valence-electron chi connectivity index (χ2n) is 4.16. The van der Waals surface area contributed by atoms with E-state index in [-0.39, 0.29) is 0 Å². The van der Waals surface area contributed by atoms with Crippen LogP contribution in [0.2, 0.25) is 0 Å². The van der Waals surface area contributed by atoms with Gasteiger partial charge in [-0.15, -0.1) is 0 Å². The molecule has 0 fully saturated rings. The Morgan fingerprint density at radius 1 is 1.22 bits per heavy atom. The van der Waals surface area contributed by atoms with Crippen molar-refractivity contribution < 1.29 is 4.84 Å². The molecule has 0 atom stereocenters. The highest BCUT2D eigenvalue weighted by molar-refractivity contribution is 5.67. The van der Waals surface area contributed by atoms with Gasteiger partial charge >= 0.3 is 0 Å². The summed E-state index contributed by atoms with van der Waals surface area (Å²) in [5.74, 6) is 5.83. The summed E-state index contributed by atoms with van der Waals surface area (Å²) in [4.78, 5) is 9.03. The molecule has 0 spiro atoms. The maximum atomic E-state index is 5.17. The van der Waals surface area contributed by atoms with Crippen molar-refractivity contribution in [3.8, 4) is 17.0 Å². The molecule has 3 aromatic rings. The Hall–Kier alpha value is -2.33. The minimum Gasteiger partial charge on any atom is -0.412 e. The molecule has 2 heterocycles. The lowest BCUT2D eigenvalue weighted by Gasteiger charge is -2.10. The molecule has 0 aliphatic carbocycles. The van der Waals surface area contributed by atoms with E-state index in [9.17, 15) is 0 Å². The number of rotatable bonds is 2. The first-order valence-corrected chi connectivity index (χ1v) is 5.69. The van der Waals surface area contributed by atoms with E-state index in [4.69, 9.17) is 10.7 Å². The van der Waals surface area contributed by atoms with E-state index in [1.165, 1.54) is 0 Å². The van der Waals surface area contributed by atoms with Crippen LogP contribution in [0.3, 0.4) is 0 Å². The molecule has 0 amide bonds. The zero-order chi connectivity index (χ0) is 12.5. The van der Waals surface area contributed by atoms with Gasteiger partial charge in [0.2, 0.25) is 0 Å². The summed E-state index contributed by atoms with van der Waals surface area (Å²) in [6.45, 7) is 2.04. The SMILES string of the molecule is Cc1cc(ON)ccc1-c1cccc2nccn12. The maximum Gasteiger partial charge on any atom is 0.147 e. The average Bonchev–Trinajstić information content (AvgIpc) is 2.87. The van der Waals surface area contributed by atoms with Gasteiger partial charge in [-0.25, -0.2) is 4.98 Å². The van der Waals surface area contributed by atoms with Crippen LogP contribution in [-0.4, -0.2) is 9.38 Å². The minimum atomic E-state index is 0.661. The van der Waals surface area contributed by atoms with Crippen LogP contribution in [0.1, 0.15) is 5.56 Å². The van der Waals surface area contributed by atoms with Gasteiger partial charge in [0.25, 0.3) is 0 Å². The van der Waals surface area contributed by atoms with Crippen molar-refractivity contribution in [1.29, 1.82) is 0 Å². The Labute approximate surface area is 105 Å². The number of nitrogens with zero attached hydrogens (tertiary/aromatic N) is 2. The van der Waals surface area contributed by atoms with Gasteiger partial charge in [-0.3, -0.25) is 4.40 Å². The third-order valence-corrected chi connectivity index (χ3v) is 3.04. The van der Waals surface area contributed by atoms with Gasteiger partial charge < -0.3 is 4.84 Å². The molecule has 3 rings (SSSR count). The van der Waals surface area contributed by atoms with E-state index >= 15 is 0 Å². The lowest BCUT2D eigenvalue weighted by molar-refractivity contribution is 0.334. The van der Waals surface area contributed by atoms with Gasteiger partial charge in [-0.05, 0) is 42.8 Å². The normalized spacial score (nSPS) is 10.8. The summed E-state index contributed by atoms with van der Waals surface area (Å²) in [7, 11) is 0. The van der Waals surface area contributed by atoms with Gasteiger partial charge in [-0.1, -0.05) is 6.07 Å². The van der Waals surface area contributed by atoms with Crippen molar-refractivity contribution in [3.63, 3.8) is 0 Å². The third kappa shape index (κ3) is 1.63. The molecule has 1 aromatic carbocycles. The summed E-state index contributed by atoms with van der Waals surface area (Å²) < 4.78 is 2.06. The van der Waals surface area contributed by atoms with E-state index in [1.54, 1.807) is 6.20 Å². The predicted octanol–water partition coefficient (Wildman–Crippen LogP) is 2.56. The molecular formula is C14H13N3O. The second kappa shape index (κ2) is 4.16. The molecule has 0 aliphatic rings. The molecule has 4 nitrogen and oxygen atoms in total. The first-order chi connectivity index (χ1) is 8.79. The van der Waals surface area contributed by atoms with E-state index in [2.05, 4.69) is 15.5 Å². The summed E-state index contributed by atoms with van der Waals surface area (Å²) in [6.07, 6.45) is 3.75. The van der Waals surface area contributed by atoms with Crippen molar-refractivity contribution in [2.45, 2.75) is 6.92 Å². The number of nitrogens with two attached hydrogens (primary N) is 1. The van der Waals surface area contributed by atoms with E-state index in [1.807, 2.05) is 43.5 Å². The average molecular weight is 239 g/mol. The number of imidazole rings is 1. The van der Waals surface area contributed by atoms with Crippen molar-refractivity contribution in [2.75, 3.05) is 0 Å². The molecule has 0 saturated heterocycles. The Morgan fingerprint density at radius 3 is 2.89 bits per heavy atom. The van der Waals surface area contributed by atoms with Crippen LogP contribution in [0.15, 0.2) is 48.8 Å². The number of hydrogen-bond acceptors (Lipinski definition) is 3. The van der Waals surface area contributed by atoms with Crippen LogP contribution in [0.25, 0.3) is 16.9 Å². The van der Waals surface area contributed by atoms with Crippen LogP contribution in [-0.2, 0) is 0 Å². The van der Waals surface area contributed by atoms with Gasteiger partial charge in [0, 0.05) is 18.0 Å². The molecule has 0 aliphatic heterocycles.